The molecule has 0 radical (unpaired) electrons. The Morgan fingerprint density at radius 3 is 2.50 bits per heavy atom. The highest BCUT2D eigenvalue weighted by molar-refractivity contribution is 7.89. The molecule has 0 saturated carbocycles. The third kappa shape index (κ3) is 3.06. The van der Waals surface area contributed by atoms with Crippen molar-refractivity contribution in [2.75, 3.05) is 31.5 Å². The molecule has 1 amide bonds. The number of benzene rings is 1. The first-order chi connectivity index (χ1) is 11.0. The maximum absolute atomic E-state index is 12.9. The minimum absolute atomic E-state index is 0. The van der Waals surface area contributed by atoms with E-state index in [-0.39, 0.29) is 18.3 Å². The normalized spacial score (nSPS) is 26.9. The van der Waals surface area contributed by atoms with Gasteiger partial charge in [0.25, 0.3) is 0 Å². The van der Waals surface area contributed by atoms with Crippen LogP contribution in [0.1, 0.15) is 18.4 Å². The van der Waals surface area contributed by atoms with Crippen molar-refractivity contribution in [3.63, 3.8) is 0 Å². The van der Waals surface area contributed by atoms with Crippen molar-refractivity contribution in [2.24, 2.45) is 11.8 Å². The van der Waals surface area contributed by atoms with Gasteiger partial charge in [0.1, 0.15) is 0 Å². The van der Waals surface area contributed by atoms with E-state index in [0.717, 1.165) is 37.2 Å². The summed E-state index contributed by atoms with van der Waals surface area (Å²) in [5, 5.41) is 6.17. The Labute approximate surface area is 148 Å². The molecule has 2 saturated heterocycles. The molecule has 132 valence electrons. The molecule has 6 nitrogen and oxygen atoms in total. The maximum Gasteiger partial charge on any atom is 0.243 e. The molecule has 2 N–H and O–H groups in total. The SMILES string of the molecule is Cl.O=C1CCCc2cc(S(=O)(=O)N3C[C@H]4CNC[C@H]4C3)ccc2N1. The van der Waals surface area contributed by atoms with E-state index in [2.05, 4.69) is 10.6 Å². The molecule has 8 heteroatoms. The third-order valence-electron chi connectivity index (χ3n) is 5.19. The number of aryl methyl sites for hydroxylation is 1. The molecule has 0 aliphatic carbocycles. The molecule has 1 aromatic carbocycles. The van der Waals surface area contributed by atoms with E-state index in [1.165, 1.54) is 0 Å². The Balaban J connectivity index is 0.00000169. The second kappa shape index (κ2) is 6.63. The number of halogens is 1. The van der Waals surface area contributed by atoms with Gasteiger partial charge in [-0.2, -0.15) is 4.31 Å². The Hall–Kier alpha value is -1.15. The molecule has 1 aromatic rings. The monoisotopic (exact) mass is 371 g/mol. The number of carbonyl (C=O) groups is 1. The zero-order valence-electron chi connectivity index (χ0n) is 13.3. The van der Waals surface area contributed by atoms with Crippen molar-refractivity contribution in [1.29, 1.82) is 0 Å². The van der Waals surface area contributed by atoms with Gasteiger partial charge < -0.3 is 10.6 Å². The molecule has 2 atom stereocenters. The van der Waals surface area contributed by atoms with Gasteiger partial charge in [-0.05, 0) is 61.5 Å². The minimum Gasteiger partial charge on any atom is -0.326 e. The Kier molecular flexibility index (Phi) is 4.88. The first-order valence-corrected chi connectivity index (χ1v) is 9.62. The lowest BCUT2D eigenvalue weighted by Crippen LogP contribution is -2.32. The molecule has 3 heterocycles. The molecule has 24 heavy (non-hydrogen) atoms. The number of hydrogen-bond acceptors (Lipinski definition) is 4. The predicted octanol–water partition coefficient (Wildman–Crippen LogP) is 1.22. The highest BCUT2D eigenvalue weighted by Gasteiger charge is 2.41. The number of sulfonamides is 1. The smallest absolute Gasteiger partial charge is 0.243 e. The van der Waals surface area contributed by atoms with E-state index in [9.17, 15) is 13.2 Å². The van der Waals surface area contributed by atoms with Crippen LogP contribution in [0.2, 0.25) is 0 Å². The van der Waals surface area contributed by atoms with Crippen molar-refractivity contribution in [1.82, 2.24) is 9.62 Å². The fourth-order valence-electron chi connectivity index (χ4n) is 3.87. The summed E-state index contributed by atoms with van der Waals surface area (Å²) in [7, 11) is -3.45. The van der Waals surface area contributed by atoms with Crippen molar-refractivity contribution >= 4 is 34.0 Å². The van der Waals surface area contributed by atoms with E-state index >= 15 is 0 Å². The van der Waals surface area contributed by atoms with Crippen molar-refractivity contribution in [3.8, 4) is 0 Å². The zero-order chi connectivity index (χ0) is 16.0. The molecular weight excluding hydrogens is 350 g/mol. The fraction of sp³-hybridized carbons (Fsp3) is 0.562. The van der Waals surface area contributed by atoms with Gasteiger partial charge in [0.15, 0.2) is 0 Å². The van der Waals surface area contributed by atoms with Gasteiger partial charge in [-0.3, -0.25) is 4.79 Å². The van der Waals surface area contributed by atoms with Gasteiger partial charge >= 0.3 is 0 Å². The average molecular weight is 372 g/mol. The maximum atomic E-state index is 12.9. The Morgan fingerprint density at radius 1 is 1.08 bits per heavy atom. The lowest BCUT2D eigenvalue weighted by Gasteiger charge is -2.18. The molecule has 0 spiro atoms. The van der Waals surface area contributed by atoms with Crippen LogP contribution in [0.25, 0.3) is 0 Å². The lowest BCUT2D eigenvalue weighted by molar-refractivity contribution is -0.116. The summed E-state index contributed by atoms with van der Waals surface area (Å²) in [6.07, 6.45) is 1.97. The first-order valence-electron chi connectivity index (χ1n) is 8.18. The highest BCUT2D eigenvalue weighted by Crippen LogP contribution is 2.32. The summed E-state index contributed by atoms with van der Waals surface area (Å²) < 4.78 is 27.5. The van der Waals surface area contributed by atoms with Crippen molar-refractivity contribution in [3.05, 3.63) is 23.8 Å². The van der Waals surface area contributed by atoms with Crippen LogP contribution in [0.4, 0.5) is 5.69 Å². The fourth-order valence-corrected chi connectivity index (χ4v) is 5.47. The number of fused-ring (bicyclic) bond motifs is 2. The van der Waals surface area contributed by atoms with E-state index < -0.39 is 10.0 Å². The summed E-state index contributed by atoms with van der Waals surface area (Å²) in [4.78, 5) is 12.0. The van der Waals surface area contributed by atoms with Gasteiger partial charge in [0.2, 0.25) is 15.9 Å². The average Bonchev–Trinajstić information content (AvgIpc) is 3.05. The third-order valence-corrected chi connectivity index (χ3v) is 7.02. The number of amides is 1. The standard InChI is InChI=1S/C16H21N3O3S.ClH/c20-16-3-1-2-11-6-14(4-5-15(11)18-16)23(21,22)19-9-12-7-17-8-13(12)10-19;/h4-6,12-13,17H,1-3,7-10H2,(H,18,20);1H/t12-,13+;. The molecule has 0 aromatic heterocycles. The number of rotatable bonds is 2. The Morgan fingerprint density at radius 2 is 1.79 bits per heavy atom. The second-order valence-corrected chi connectivity index (χ2v) is 8.66. The summed E-state index contributed by atoms with van der Waals surface area (Å²) in [6, 6.07) is 5.08. The molecule has 0 bridgehead atoms. The van der Waals surface area contributed by atoms with Gasteiger partial charge in [-0.25, -0.2) is 8.42 Å². The molecular formula is C16H22ClN3O3S. The lowest BCUT2D eigenvalue weighted by atomic mass is 10.0. The molecule has 3 aliphatic rings. The molecule has 3 aliphatic heterocycles. The number of carbonyl (C=O) groups excluding carboxylic acids is 1. The number of anilines is 1. The molecule has 2 fully saturated rings. The summed E-state index contributed by atoms with van der Waals surface area (Å²) in [6.45, 7) is 3.03. The van der Waals surface area contributed by atoms with Gasteiger partial charge in [-0.15, -0.1) is 12.4 Å². The highest BCUT2D eigenvalue weighted by atomic mass is 35.5. The second-order valence-electron chi connectivity index (χ2n) is 6.72. The number of nitrogens with zero attached hydrogens (tertiary/aromatic N) is 1. The summed E-state index contributed by atoms with van der Waals surface area (Å²) >= 11 is 0. The van der Waals surface area contributed by atoms with E-state index in [1.54, 1.807) is 22.5 Å². The van der Waals surface area contributed by atoms with Crippen molar-refractivity contribution < 1.29 is 13.2 Å². The van der Waals surface area contributed by atoms with Crippen molar-refractivity contribution in [2.45, 2.75) is 24.2 Å². The van der Waals surface area contributed by atoms with Gasteiger partial charge in [0, 0.05) is 25.2 Å². The van der Waals surface area contributed by atoms with Crippen LogP contribution in [-0.4, -0.2) is 44.8 Å². The van der Waals surface area contributed by atoms with Crippen LogP contribution < -0.4 is 10.6 Å². The van der Waals surface area contributed by atoms with Gasteiger partial charge in [0.05, 0.1) is 4.90 Å². The van der Waals surface area contributed by atoms with E-state index in [0.29, 0.717) is 36.2 Å². The quantitative estimate of drug-likeness (QED) is 0.819. The van der Waals surface area contributed by atoms with Crippen LogP contribution in [0, 0.1) is 11.8 Å². The van der Waals surface area contributed by atoms with E-state index in [4.69, 9.17) is 0 Å². The number of nitrogens with one attached hydrogen (secondary N) is 2. The molecule has 4 rings (SSSR count). The van der Waals surface area contributed by atoms with Crippen LogP contribution in [0.5, 0.6) is 0 Å². The molecule has 0 unspecified atom stereocenters. The topological polar surface area (TPSA) is 78.5 Å². The summed E-state index contributed by atoms with van der Waals surface area (Å²) in [5.41, 5.74) is 1.66. The van der Waals surface area contributed by atoms with Crippen LogP contribution in [0.15, 0.2) is 23.1 Å². The van der Waals surface area contributed by atoms with Crippen LogP contribution >= 0.6 is 12.4 Å². The summed E-state index contributed by atoms with van der Waals surface area (Å²) in [5.74, 6) is 0.869. The zero-order valence-corrected chi connectivity index (χ0v) is 15.0. The first kappa shape index (κ1) is 17.7. The van der Waals surface area contributed by atoms with Crippen LogP contribution in [0.3, 0.4) is 0 Å². The van der Waals surface area contributed by atoms with E-state index in [1.807, 2.05) is 0 Å². The predicted molar refractivity (Wildman–Crippen MR) is 93.9 cm³/mol. The largest absolute Gasteiger partial charge is 0.326 e. The van der Waals surface area contributed by atoms with Crippen LogP contribution in [-0.2, 0) is 21.2 Å². The minimum atomic E-state index is -3.45. The number of hydrogen-bond donors (Lipinski definition) is 2. The Bertz CT molecular complexity index is 741. The van der Waals surface area contributed by atoms with Gasteiger partial charge in [-0.1, -0.05) is 0 Å².